The van der Waals surface area contributed by atoms with Crippen LogP contribution < -0.4 is 16.4 Å². The first-order valence-electron chi connectivity index (χ1n) is 6.63. The average molecular weight is 392 g/mol. The van der Waals surface area contributed by atoms with Gasteiger partial charge in [0, 0.05) is 21.4 Å². The molecule has 0 bridgehead atoms. The molecule has 1 aromatic carbocycles. The summed E-state index contributed by atoms with van der Waals surface area (Å²) < 4.78 is 0.892. The fraction of sp³-hybridized carbons (Fsp3) is 0. The predicted octanol–water partition coefficient (Wildman–Crippen LogP) is 4.36. The SMILES string of the molecule is Nc1c(Nc2ccc(Cl)cc2)ncnc1Nc1ccc(Br)cn1. The number of hydrogen-bond acceptors (Lipinski definition) is 6. The first-order valence-corrected chi connectivity index (χ1v) is 7.80. The van der Waals surface area contributed by atoms with E-state index in [2.05, 4.69) is 41.5 Å². The van der Waals surface area contributed by atoms with Crippen molar-refractivity contribution in [2.75, 3.05) is 16.4 Å². The molecule has 0 aliphatic rings. The Hall–Kier alpha value is -2.38. The lowest BCUT2D eigenvalue weighted by atomic mass is 10.3. The van der Waals surface area contributed by atoms with Crippen LogP contribution in [0.25, 0.3) is 0 Å². The van der Waals surface area contributed by atoms with E-state index in [9.17, 15) is 0 Å². The molecule has 0 atom stereocenters. The Balaban J connectivity index is 1.83. The molecular weight excluding hydrogens is 380 g/mol. The molecule has 3 rings (SSSR count). The van der Waals surface area contributed by atoms with E-state index in [1.165, 1.54) is 6.33 Å². The molecule has 2 aromatic heterocycles. The summed E-state index contributed by atoms with van der Waals surface area (Å²) in [5.74, 6) is 1.62. The number of nitrogens with two attached hydrogens (primary N) is 1. The number of nitrogens with one attached hydrogen (secondary N) is 2. The minimum absolute atomic E-state index is 0.396. The van der Waals surface area contributed by atoms with Gasteiger partial charge in [0.05, 0.1) is 0 Å². The highest BCUT2D eigenvalue weighted by molar-refractivity contribution is 9.10. The Labute approximate surface area is 146 Å². The highest BCUT2D eigenvalue weighted by atomic mass is 79.9. The van der Waals surface area contributed by atoms with E-state index in [4.69, 9.17) is 17.3 Å². The van der Waals surface area contributed by atoms with Gasteiger partial charge in [0.15, 0.2) is 11.6 Å². The standard InChI is InChI=1S/C15H12BrClN6/c16-9-1-6-12(19-7-9)23-15-13(18)14(20-8-21-15)22-11-4-2-10(17)3-5-11/h1-8H,18H2,(H2,19,20,21,22,23). The Kier molecular flexibility index (Phi) is 4.59. The molecule has 3 aromatic rings. The van der Waals surface area contributed by atoms with Crippen LogP contribution in [0.5, 0.6) is 0 Å². The number of halogens is 2. The number of nitrogens with zero attached hydrogens (tertiary/aromatic N) is 3. The molecule has 0 aliphatic heterocycles. The maximum absolute atomic E-state index is 6.13. The van der Waals surface area contributed by atoms with Crippen molar-refractivity contribution in [2.24, 2.45) is 0 Å². The third-order valence-electron chi connectivity index (χ3n) is 2.96. The van der Waals surface area contributed by atoms with Gasteiger partial charge in [-0.2, -0.15) is 0 Å². The summed E-state index contributed by atoms with van der Waals surface area (Å²) in [6.07, 6.45) is 3.11. The van der Waals surface area contributed by atoms with Crippen molar-refractivity contribution in [3.63, 3.8) is 0 Å². The minimum atomic E-state index is 0.396. The molecule has 0 amide bonds. The zero-order valence-electron chi connectivity index (χ0n) is 11.8. The third-order valence-corrected chi connectivity index (χ3v) is 3.69. The highest BCUT2D eigenvalue weighted by Gasteiger charge is 2.09. The topological polar surface area (TPSA) is 88.8 Å². The smallest absolute Gasteiger partial charge is 0.160 e. The number of nitrogen functional groups attached to an aromatic ring is 1. The molecular formula is C15H12BrClN6. The molecule has 0 fully saturated rings. The second-order valence-corrected chi connectivity index (χ2v) is 5.96. The largest absolute Gasteiger partial charge is 0.393 e. The fourth-order valence-corrected chi connectivity index (χ4v) is 2.20. The van der Waals surface area contributed by atoms with Crippen LogP contribution in [0.2, 0.25) is 5.02 Å². The van der Waals surface area contributed by atoms with Gasteiger partial charge < -0.3 is 16.4 Å². The number of hydrogen-bond donors (Lipinski definition) is 3. The molecule has 0 saturated heterocycles. The summed E-state index contributed by atoms with van der Waals surface area (Å²) in [4.78, 5) is 12.5. The first kappa shape index (κ1) is 15.5. The van der Waals surface area contributed by atoms with Gasteiger partial charge in [0.2, 0.25) is 0 Å². The highest BCUT2D eigenvalue weighted by Crippen LogP contribution is 2.28. The number of aromatic nitrogens is 3. The summed E-state index contributed by atoms with van der Waals surface area (Å²) in [5.41, 5.74) is 7.35. The Bertz CT molecular complexity index is 741. The van der Waals surface area contributed by atoms with Crippen LogP contribution >= 0.6 is 27.5 Å². The maximum Gasteiger partial charge on any atom is 0.160 e. The van der Waals surface area contributed by atoms with Crippen LogP contribution in [0.15, 0.2) is 53.4 Å². The van der Waals surface area contributed by atoms with E-state index >= 15 is 0 Å². The van der Waals surface area contributed by atoms with Crippen LogP contribution in [0.3, 0.4) is 0 Å². The maximum atomic E-state index is 6.13. The van der Waals surface area contributed by atoms with Crippen LogP contribution in [0.4, 0.5) is 28.8 Å². The van der Waals surface area contributed by atoms with Gasteiger partial charge in [0.1, 0.15) is 17.8 Å². The van der Waals surface area contributed by atoms with Gasteiger partial charge in [-0.3, -0.25) is 0 Å². The third kappa shape index (κ3) is 3.88. The van der Waals surface area contributed by atoms with Gasteiger partial charge in [0.25, 0.3) is 0 Å². The minimum Gasteiger partial charge on any atom is -0.393 e. The van der Waals surface area contributed by atoms with Crippen LogP contribution in [-0.2, 0) is 0 Å². The molecule has 0 saturated carbocycles. The van der Waals surface area contributed by atoms with E-state index in [0.29, 0.717) is 28.2 Å². The molecule has 6 nitrogen and oxygen atoms in total. The van der Waals surface area contributed by atoms with Crippen molar-refractivity contribution in [1.82, 2.24) is 15.0 Å². The number of benzene rings is 1. The Morgan fingerprint density at radius 3 is 2.26 bits per heavy atom. The van der Waals surface area contributed by atoms with Gasteiger partial charge >= 0.3 is 0 Å². The summed E-state index contributed by atoms with van der Waals surface area (Å²) in [6, 6.07) is 10.9. The zero-order valence-corrected chi connectivity index (χ0v) is 14.1. The number of rotatable bonds is 4. The Morgan fingerprint density at radius 2 is 1.61 bits per heavy atom. The predicted molar refractivity (Wildman–Crippen MR) is 96.4 cm³/mol. The van der Waals surface area contributed by atoms with Crippen molar-refractivity contribution >= 4 is 56.4 Å². The molecule has 0 aliphatic carbocycles. The summed E-state index contributed by atoms with van der Waals surface area (Å²) in [6.45, 7) is 0. The lowest BCUT2D eigenvalue weighted by Crippen LogP contribution is -2.05. The summed E-state index contributed by atoms with van der Waals surface area (Å²) >= 11 is 9.21. The second-order valence-electron chi connectivity index (χ2n) is 4.60. The monoisotopic (exact) mass is 390 g/mol. The van der Waals surface area contributed by atoms with E-state index < -0.39 is 0 Å². The molecule has 0 spiro atoms. The molecule has 0 unspecified atom stereocenters. The fourth-order valence-electron chi connectivity index (χ4n) is 1.84. The lowest BCUT2D eigenvalue weighted by molar-refractivity contribution is 1.16. The molecule has 0 radical (unpaired) electrons. The molecule has 23 heavy (non-hydrogen) atoms. The lowest BCUT2D eigenvalue weighted by Gasteiger charge is -2.12. The van der Waals surface area contributed by atoms with Crippen molar-refractivity contribution in [3.05, 3.63) is 58.4 Å². The van der Waals surface area contributed by atoms with Crippen molar-refractivity contribution in [2.45, 2.75) is 0 Å². The van der Waals surface area contributed by atoms with Crippen LogP contribution in [0, 0.1) is 0 Å². The molecule has 4 N–H and O–H groups in total. The second kappa shape index (κ2) is 6.80. The Morgan fingerprint density at radius 1 is 0.913 bits per heavy atom. The van der Waals surface area contributed by atoms with Crippen LogP contribution in [-0.4, -0.2) is 15.0 Å². The molecule has 2 heterocycles. The van der Waals surface area contributed by atoms with E-state index in [-0.39, 0.29) is 0 Å². The van der Waals surface area contributed by atoms with Crippen molar-refractivity contribution in [1.29, 1.82) is 0 Å². The summed E-state index contributed by atoms with van der Waals surface area (Å²) in [5, 5.41) is 6.86. The quantitative estimate of drug-likeness (QED) is 0.612. The van der Waals surface area contributed by atoms with Gasteiger partial charge in [-0.25, -0.2) is 15.0 Å². The average Bonchev–Trinajstić information content (AvgIpc) is 2.55. The summed E-state index contributed by atoms with van der Waals surface area (Å²) in [7, 11) is 0. The molecule has 8 heteroatoms. The van der Waals surface area contributed by atoms with Crippen LogP contribution in [0.1, 0.15) is 0 Å². The van der Waals surface area contributed by atoms with E-state index in [1.807, 2.05) is 24.3 Å². The van der Waals surface area contributed by atoms with Crippen molar-refractivity contribution < 1.29 is 0 Å². The van der Waals surface area contributed by atoms with E-state index in [1.54, 1.807) is 18.3 Å². The van der Waals surface area contributed by atoms with Gasteiger partial charge in [-0.05, 0) is 52.3 Å². The van der Waals surface area contributed by atoms with Gasteiger partial charge in [-0.1, -0.05) is 11.6 Å². The van der Waals surface area contributed by atoms with Crippen molar-refractivity contribution in [3.8, 4) is 0 Å². The van der Waals surface area contributed by atoms with Gasteiger partial charge in [-0.15, -0.1) is 0 Å². The number of anilines is 5. The number of pyridine rings is 1. The van der Waals surface area contributed by atoms with E-state index in [0.717, 1.165) is 10.2 Å². The normalized spacial score (nSPS) is 10.3. The molecule has 116 valence electrons. The first-order chi connectivity index (χ1) is 11.1. The zero-order chi connectivity index (χ0) is 16.2.